The minimum absolute atomic E-state index is 0.104. The van der Waals surface area contributed by atoms with Gasteiger partial charge in [0.25, 0.3) is 0 Å². The summed E-state index contributed by atoms with van der Waals surface area (Å²) in [7, 11) is 1.29. The van der Waals surface area contributed by atoms with Gasteiger partial charge in [0.05, 0.1) is 17.5 Å². The van der Waals surface area contributed by atoms with E-state index in [9.17, 15) is 4.79 Å². The van der Waals surface area contributed by atoms with E-state index in [1.165, 1.54) is 13.2 Å². The molecule has 0 radical (unpaired) electrons. The third-order valence-corrected chi connectivity index (χ3v) is 2.56. The van der Waals surface area contributed by atoms with Crippen LogP contribution in [-0.2, 0) is 4.74 Å². The molecular weight excluding hydrogens is 218 g/mol. The number of aromatic nitrogens is 1. The lowest BCUT2D eigenvalue weighted by Gasteiger charge is -1.94. The first-order valence-electron chi connectivity index (χ1n) is 4.26. The average molecular weight is 226 g/mol. The number of esters is 1. The molecule has 0 aliphatic heterocycles. The molecule has 0 bridgehead atoms. The number of rotatable bonds is 1. The van der Waals surface area contributed by atoms with E-state index in [2.05, 4.69) is 9.72 Å². The van der Waals surface area contributed by atoms with E-state index < -0.39 is 5.97 Å². The summed E-state index contributed by atoms with van der Waals surface area (Å²) in [5.41, 5.74) is 1.17. The number of methoxy groups -OCH3 is 1. The van der Waals surface area contributed by atoms with E-state index in [1.807, 2.05) is 6.92 Å². The van der Waals surface area contributed by atoms with Crippen LogP contribution in [0.2, 0.25) is 5.02 Å². The summed E-state index contributed by atoms with van der Waals surface area (Å²) < 4.78 is 9.72. The molecule has 78 valence electrons. The van der Waals surface area contributed by atoms with Gasteiger partial charge in [-0.25, -0.2) is 9.78 Å². The van der Waals surface area contributed by atoms with Gasteiger partial charge in [-0.15, -0.1) is 0 Å². The standard InChI is InChI=1S/C10H8ClNO3/c1-5-4-12-9-6(8(5)11)3-7(15-9)10(13)14-2/h3-4H,1-2H3. The molecule has 2 aromatic rings. The van der Waals surface area contributed by atoms with Crippen molar-refractivity contribution in [1.29, 1.82) is 0 Å². The molecule has 4 nitrogen and oxygen atoms in total. The van der Waals surface area contributed by atoms with Crippen LogP contribution in [-0.4, -0.2) is 18.1 Å². The first-order valence-corrected chi connectivity index (χ1v) is 4.64. The van der Waals surface area contributed by atoms with Gasteiger partial charge in [0.2, 0.25) is 11.5 Å². The number of halogens is 1. The van der Waals surface area contributed by atoms with Crippen LogP contribution in [0, 0.1) is 6.92 Å². The van der Waals surface area contributed by atoms with Crippen molar-refractivity contribution in [1.82, 2.24) is 4.98 Å². The van der Waals surface area contributed by atoms with Gasteiger partial charge in [-0.1, -0.05) is 11.6 Å². The zero-order chi connectivity index (χ0) is 11.0. The van der Waals surface area contributed by atoms with Crippen molar-refractivity contribution < 1.29 is 13.9 Å². The Hall–Kier alpha value is -1.55. The highest BCUT2D eigenvalue weighted by Gasteiger charge is 2.15. The lowest BCUT2D eigenvalue weighted by Crippen LogP contribution is -1.97. The van der Waals surface area contributed by atoms with Crippen LogP contribution in [0.1, 0.15) is 16.1 Å². The van der Waals surface area contributed by atoms with E-state index in [1.54, 1.807) is 6.20 Å². The summed E-state index contributed by atoms with van der Waals surface area (Å²) in [5, 5.41) is 1.16. The number of ether oxygens (including phenoxy) is 1. The molecule has 2 heterocycles. The Bertz CT molecular complexity index is 533. The molecule has 0 unspecified atom stereocenters. The summed E-state index contributed by atoms with van der Waals surface area (Å²) in [6.45, 7) is 1.83. The molecule has 0 spiro atoms. The van der Waals surface area contributed by atoms with Crippen LogP contribution in [0.4, 0.5) is 0 Å². The Morgan fingerprint density at radius 1 is 1.60 bits per heavy atom. The molecule has 2 aromatic heterocycles. The summed E-state index contributed by atoms with van der Waals surface area (Å²) in [6.07, 6.45) is 1.59. The monoisotopic (exact) mass is 225 g/mol. The van der Waals surface area contributed by atoms with Gasteiger partial charge in [0.1, 0.15) is 0 Å². The zero-order valence-electron chi connectivity index (χ0n) is 8.20. The minimum Gasteiger partial charge on any atom is -0.463 e. The summed E-state index contributed by atoms with van der Waals surface area (Å²) >= 11 is 6.04. The fourth-order valence-corrected chi connectivity index (χ4v) is 1.44. The molecule has 0 aliphatic carbocycles. The third-order valence-electron chi connectivity index (χ3n) is 2.06. The molecule has 2 rings (SSSR count). The second-order valence-electron chi connectivity index (χ2n) is 3.08. The van der Waals surface area contributed by atoms with Gasteiger partial charge in [0.15, 0.2) is 0 Å². The van der Waals surface area contributed by atoms with E-state index >= 15 is 0 Å². The maximum atomic E-state index is 11.2. The lowest BCUT2D eigenvalue weighted by atomic mass is 10.2. The van der Waals surface area contributed by atoms with Gasteiger partial charge in [0, 0.05) is 12.3 Å². The van der Waals surface area contributed by atoms with E-state index in [0.717, 1.165) is 5.56 Å². The van der Waals surface area contributed by atoms with E-state index in [0.29, 0.717) is 16.1 Å². The number of carbonyl (C=O) groups excluding carboxylic acids is 1. The number of aryl methyl sites for hydroxylation is 1. The molecule has 0 saturated carbocycles. The summed E-state index contributed by atoms with van der Waals surface area (Å²) in [6, 6.07) is 1.53. The molecule has 5 heteroatoms. The Morgan fingerprint density at radius 3 is 3.00 bits per heavy atom. The summed E-state index contributed by atoms with van der Waals surface area (Å²) in [4.78, 5) is 15.2. The molecule has 0 saturated heterocycles. The first kappa shape index (κ1) is 9.98. The number of furan rings is 1. The lowest BCUT2D eigenvalue weighted by molar-refractivity contribution is 0.0567. The number of hydrogen-bond acceptors (Lipinski definition) is 4. The van der Waals surface area contributed by atoms with Crippen molar-refractivity contribution >= 4 is 28.7 Å². The molecule has 0 N–H and O–H groups in total. The third kappa shape index (κ3) is 1.57. The van der Waals surface area contributed by atoms with Crippen molar-refractivity contribution in [2.24, 2.45) is 0 Å². The number of nitrogens with zero attached hydrogens (tertiary/aromatic N) is 1. The minimum atomic E-state index is -0.540. The smallest absolute Gasteiger partial charge is 0.374 e. The quantitative estimate of drug-likeness (QED) is 0.700. The Morgan fingerprint density at radius 2 is 2.33 bits per heavy atom. The molecular formula is C10H8ClNO3. The van der Waals surface area contributed by atoms with Crippen LogP contribution < -0.4 is 0 Å². The van der Waals surface area contributed by atoms with Crippen molar-refractivity contribution in [2.45, 2.75) is 6.92 Å². The number of carbonyl (C=O) groups is 1. The van der Waals surface area contributed by atoms with Crippen molar-refractivity contribution in [3.8, 4) is 0 Å². The fraction of sp³-hybridized carbons (Fsp3) is 0.200. The van der Waals surface area contributed by atoms with Gasteiger partial charge >= 0.3 is 5.97 Å². The summed E-state index contributed by atoms with van der Waals surface area (Å²) in [5.74, 6) is -0.436. The Balaban J connectivity index is 2.66. The fourth-order valence-electron chi connectivity index (χ4n) is 1.26. The Kier molecular flexibility index (Phi) is 2.36. The van der Waals surface area contributed by atoms with Gasteiger partial charge < -0.3 is 9.15 Å². The van der Waals surface area contributed by atoms with Crippen LogP contribution >= 0.6 is 11.6 Å². The molecule has 0 aromatic carbocycles. The van der Waals surface area contributed by atoms with Crippen LogP contribution in [0.5, 0.6) is 0 Å². The van der Waals surface area contributed by atoms with Crippen LogP contribution in [0.15, 0.2) is 16.7 Å². The predicted octanol–water partition coefficient (Wildman–Crippen LogP) is 2.58. The largest absolute Gasteiger partial charge is 0.463 e. The van der Waals surface area contributed by atoms with Crippen LogP contribution in [0.3, 0.4) is 0 Å². The molecule has 0 fully saturated rings. The topological polar surface area (TPSA) is 52.3 Å². The highest BCUT2D eigenvalue weighted by Crippen LogP contribution is 2.27. The highest BCUT2D eigenvalue weighted by molar-refractivity contribution is 6.36. The molecule has 0 aliphatic rings. The van der Waals surface area contributed by atoms with Gasteiger partial charge in [-0.2, -0.15) is 0 Å². The zero-order valence-corrected chi connectivity index (χ0v) is 8.96. The number of fused-ring (bicyclic) bond motifs is 1. The first-order chi connectivity index (χ1) is 7.13. The Labute approximate surface area is 90.8 Å². The second-order valence-corrected chi connectivity index (χ2v) is 3.45. The second kappa shape index (κ2) is 3.55. The molecule has 0 atom stereocenters. The SMILES string of the molecule is COC(=O)c1cc2c(Cl)c(C)cnc2o1. The average Bonchev–Trinajstić information content (AvgIpc) is 2.67. The van der Waals surface area contributed by atoms with Crippen molar-refractivity contribution in [2.75, 3.05) is 7.11 Å². The van der Waals surface area contributed by atoms with Crippen LogP contribution in [0.25, 0.3) is 11.1 Å². The maximum Gasteiger partial charge on any atom is 0.374 e. The maximum absolute atomic E-state index is 11.2. The normalized spacial score (nSPS) is 10.6. The van der Waals surface area contributed by atoms with Gasteiger partial charge in [-0.3, -0.25) is 0 Å². The predicted molar refractivity (Wildman–Crippen MR) is 55.1 cm³/mol. The number of pyridine rings is 1. The van der Waals surface area contributed by atoms with Crippen molar-refractivity contribution in [3.63, 3.8) is 0 Å². The number of hydrogen-bond donors (Lipinski definition) is 0. The molecule has 15 heavy (non-hydrogen) atoms. The van der Waals surface area contributed by atoms with E-state index in [-0.39, 0.29) is 5.76 Å². The van der Waals surface area contributed by atoms with Gasteiger partial charge in [-0.05, 0) is 12.5 Å². The molecule has 0 amide bonds. The van der Waals surface area contributed by atoms with Crippen molar-refractivity contribution in [3.05, 3.63) is 28.6 Å². The van der Waals surface area contributed by atoms with E-state index in [4.69, 9.17) is 16.0 Å². The highest BCUT2D eigenvalue weighted by atomic mass is 35.5.